The number of carbonyl (C=O) groups excluding carboxylic acids is 1. The first-order chi connectivity index (χ1) is 13.6. The lowest BCUT2D eigenvalue weighted by molar-refractivity contribution is -0.128. The van der Waals surface area contributed by atoms with E-state index in [1.807, 2.05) is 67.4 Å². The zero-order valence-corrected chi connectivity index (χ0v) is 16.1. The number of amides is 1. The van der Waals surface area contributed by atoms with Crippen LogP contribution in [-0.2, 0) is 11.3 Å². The van der Waals surface area contributed by atoms with E-state index in [4.69, 9.17) is 4.74 Å². The Labute approximate surface area is 164 Å². The van der Waals surface area contributed by atoms with E-state index in [2.05, 4.69) is 15.0 Å². The van der Waals surface area contributed by atoms with Crippen LogP contribution < -0.4 is 4.74 Å². The highest BCUT2D eigenvalue weighted by atomic mass is 16.5. The summed E-state index contributed by atoms with van der Waals surface area (Å²) in [7, 11) is 0. The van der Waals surface area contributed by atoms with Gasteiger partial charge in [-0.2, -0.15) is 0 Å². The minimum atomic E-state index is 0.0585. The molecule has 0 radical (unpaired) electrons. The molecule has 1 N–H and O–H groups in total. The summed E-state index contributed by atoms with van der Waals surface area (Å²) in [5.41, 5.74) is 2.78. The zero-order valence-electron chi connectivity index (χ0n) is 16.1. The number of H-pyrrole nitrogens is 1. The van der Waals surface area contributed by atoms with Gasteiger partial charge >= 0.3 is 0 Å². The predicted molar refractivity (Wildman–Crippen MR) is 107 cm³/mol. The lowest BCUT2D eigenvalue weighted by Gasteiger charge is -2.15. The molecule has 6 heteroatoms. The fraction of sp³-hybridized carbons (Fsp3) is 0.318. The van der Waals surface area contributed by atoms with Crippen molar-refractivity contribution >= 4 is 5.91 Å². The summed E-state index contributed by atoms with van der Waals surface area (Å²) < 4.78 is 5.92. The third-order valence-corrected chi connectivity index (χ3v) is 4.82. The first-order valence-corrected chi connectivity index (χ1v) is 9.59. The van der Waals surface area contributed by atoms with E-state index in [9.17, 15) is 4.79 Å². The van der Waals surface area contributed by atoms with Gasteiger partial charge in [0.1, 0.15) is 11.6 Å². The summed E-state index contributed by atoms with van der Waals surface area (Å²) in [5, 5.41) is 0. The predicted octanol–water partition coefficient (Wildman–Crippen LogP) is 3.78. The number of aromatic nitrogens is 3. The maximum Gasteiger partial charge on any atom is 0.223 e. The molecule has 1 aromatic carbocycles. The van der Waals surface area contributed by atoms with Crippen molar-refractivity contribution in [1.29, 1.82) is 0 Å². The number of ether oxygens (including phenoxy) is 1. The molecule has 0 spiro atoms. The van der Waals surface area contributed by atoms with Crippen molar-refractivity contribution < 1.29 is 9.53 Å². The van der Waals surface area contributed by atoms with Crippen molar-refractivity contribution in [1.82, 2.24) is 19.9 Å². The molecule has 2 aromatic heterocycles. The summed E-state index contributed by atoms with van der Waals surface area (Å²) >= 11 is 0. The Morgan fingerprint density at radius 3 is 2.79 bits per heavy atom. The molecule has 4 rings (SSSR count). The molecule has 0 aliphatic carbocycles. The smallest absolute Gasteiger partial charge is 0.223 e. The number of carbonyl (C=O) groups is 1. The zero-order chi connectivity index (χ0) is 19.5. The van der Waals surface area contributed by atoms with E-state index in [1.165, 1.54) is 0 Å². The number of nitrogens with one attached hydrogen (secondary N) is 1. The molecule has 1 saturated heterocycles. The van der Waals surface area contributed by atoms with E-state index >= 15 is 0 Å². The van der Waals surface area contributed by atoms with Crippen molar-refractivity contribution in [2.75, 3.05) is 6.54 Å². The van der Waals surface area contributed by atoms with Gasteiger partial charge in [-0.25, -0.2) is 4.98 Å². The Bertz CT molecular complexity index is 952. The second kappa shape index (κ2) is 7.84. The molecule has 0 bridgehead atoms. The summed E-state index contributed by atoms with van der Waals surface area (Å²) in [6.07, 6.45) is 4.13. The largest absolute Gasteiger partial charge is 0.490 e. The number of hydrogen-bond acceptors (Lipinski definition) is 4. The van der Waals surface area contributed by atoms with E-state index < -0.39 is 0 Å². The molecule has 0 unspecified atom stereocenters. The molecule has 0 saturated carbocycles. The van der Waals surface area contributed by atoms with Gasteiger partial charge in [0.25, 0.3) is 0 Å². The highest BCUT2D eigenvalue weighted by Crippen LogP contribution is 2.32. The number of likely N-dealkylation sites (tertiary alicyclic amines) is 1. The monoisotopic (exact) mass is 376 g/mol. The number of rotatable bonds is 6. The Hall–Kier alpha value is -3.15. The number of imidazole rings is 1. The summed E-state index contributed by atoms with van der Waals surface area (Å²) in [5.74, 6) is 1.86. The highest BCUT2D eigenvalue weighted by molar-refractivity contribution is 5.79. The number of nitrogens with zero attached hydrogens (tertiary/aromatic N) is 3. The van der Waals surface area contributed by atoms with Crippen LogP contribution in [0.1, 0.15) is 37.7 Å². The van der Waals surface area contributed by atoms with Gasteiger partial charge in [-0.1, -0.05) is 18.2 Å². The van der Waals surface area contributed by atoms with Gasteiger partial charge < -0.3 is 14.6 Å². The number of para-hydroxylation sites is 1. The molecule has 1 aliphatic rings. The lowest BCUT2D eigenvalue weighted by Crippen LogP contribution is -2.24. The SMILES string of the molecule is CC(C)Oc1ccccc1-c1cnc([C@@H]2CC(=O)N(Cc3ccccn3)C2)[nH]1. The molecule has 1 atom stereocenters. The number of pyridine rings is 1. The highest BCUT2D eigenvalue weighted by Gasteiger charge is 2.32. The fourth-order valence-electron chi connectivity index (χ4n) is 3.52. The number of hydrogen-bond donors (Lipinski definition) is 1. The van der Waals surface area contributed by atoms with Gasteiger partial charge in [-0.15, -0.1) is 0 Å². The topological polar surface area (TPSA) is 71.1 Å². The van der Waals surface area contributed by atoms with Gasteiger partial charge in [0.2, 0.25) is 5.91 Å². The van der Waals surface area contributed by atoms with Crippen molar-refractivity contribution in [3.05, 3.63) is 66.4 Å². The van der Waals surface area contributed by atoms with Gasteiger partial charge in [-0.3, -0.25) is 9.78 Å². The molecular formula is C22H24N4O2. The Morgan fingerprint density at radius 2 is 2.00 bits per heavy atom. The van der Waals surface area contributed by atoms with Crippen LogP contribution >= 0.6 is 0 Å². The second-order valence-corrected chi connectivity index (χ2v) is 7.34. The molecule has 28 heavy (non-hydrogen) atoms. The maximum absolute atomic E-state index is 12.5. The average Bonchev–Trinajstić information content (AvgIpc) is 3.30. The Morgan fingerprint density at radius 1 is 1.18 bits per heavy atom. The van der Waals surface area contributed by atoms with E-state index in [1.54, 1.807) is 6.20 Å². The molecule has 1 aliphatic heterocycles. The fourth-order valence-corrected chi connectivity index (χ4v) is 3.52. The molecule has 1 fully saturated rings. The first kappa shape index (κ1) is 18.2. The molecule has 1 amide bonds. The quantitative estimate of drug-likeness (QED) is 0.711. The van der Waals surface area contributed by atoms with E-state index in [0.29, 0.717) is 19.5 Å². The van der Waals surface area contributed by atoms with Crippen LogP contribution in [0.25, 0.3) is 11.3 Å². The molecule has 6 nitrogen and oxygen atoms in total. The van der Waals surface area contributed by atoms with Gasteiger partial charge in [0, 0.05) is 30.6 Å². The molecular weight excluding hydrogens is 352 g/mol. The molecule has 3 aromatic rings. The van der Waals surface area contributed by atoms with Crippen LogP contribution in [0.5, 0.6) is 5.75 Å². The van der Waals surface area contributed by atoms with E-state index in [0.717, 1.165) is 28.5 Å². The van der Waals surface area contributed by atoms with Crippen molar-refractivity contribution in [3.63, 3.8) is 0 Å². The summed E-state index contributed by atoms with van der Waals surface area (Å²) in [6.45, 7) is 5.20. The summed E-state index contributed by atoms with van der Waals surface area (Å²) in [6, 6.07) is 13.7. The Kier molecular flexibility index (Phi) is 5.10. The second-order valence-electron chi connectivity index (χ2n) is 7.34. The van der Waals surface area contributed by atoms with Crippen LogP contribution in [0.3, 0.4) is 0 Å². The maximum atomic E-state index is 12.5. The third-order valence-electron chi connectivity index (χ3n) is 4.82. The van der Waals surface area contributed by atoms with Gasteiger partial charge in [0.05, 0.1) is 30.2 Å². The van der Waals surface area contributed by atoms with E-state index in [-0.39, 0.29) is 17.9 Å². The molecule has 3 heterocycles. The third kappa shape index (κ3) is 3.91. The van der Waals surface area contributed by atoms with Crippen LogP contribution in [-0.4, -0.2) is 38.4 Å². The number of aromatic amines is 1. The summed E-state index contributed by atoms with van der Waals surface area (Å²) in [4.78, 5) is 26.6. The van der Waals surface area contributed by atoms with Gasteiger partial charge in [-0.05, 0) is 38.1 Å². The lowest BCUT2D eigenvalue weighted by atomic mass is 10.1. The normalized spacial score (nSPS) is 16.8. The van der Waals surface area contributed by atoms with Crippen molar-refractivity contribution in [3.8, 4) is 17.0 Å². The standard InChI is InChI=1S/C22H24N4O2/c1-15(2)28-20-9-4-3-8-18(20)19-12-24-22(25-19)16-11-21(27)26(13-16)14-17-7-5-6-10-23-17/h3-10,12,15-16H,11,13-14H2,1-2H3,(H,24,25)/t16-/m1/s1. The van der Waals surface area contributed by atoms with Crippen LogP contribution in [0.4, 0.5) is 0 Å². The van der Waals surface area contributed by atoms with Crippen molar-refractivity contribution in [2.24, 2.45) is 0 Å². The minimum Gasteiger partial charge on any atom is -0.490 e. The first-order valence-electron chi connectivity index (χ1n) is 9.59. The Balaban J connectivity index is 1.50. The van der Waals surface area contributed by atoms with Gasteiger partial charge in [0.15, 0.2) is 0 Å². The van der Waals surface area contributed by atoms with Crippen LogP contribution in [0.2, 0.25) is 0 Å². The molecule has 144 valence electrons. The van der Waals surface area contributed by atoms with Crippen molar-refractivity contribution in [2.45, 2.75) is 38.8 Å². The number of benzene rings is 1. The average molecular weight is 376 g/mol. The van der Waals surface area contributed by atoms with Crippen LogP contribution in [0.15, 0.2) is 54.9 Å². The van der Waals surface area contributed by atoms with Crippen LogP contribution in [0, 0.1) is 0 Å². The minimum absolute atomic E-state index is 0.0585.